The molecular formula is C35H41ClN2O5S. The molecular weight excluding hydrogens is 596 g/mol. The van der Waals surface area contributed by atoms with Gasteiger partial charge in [-0.15, -0.1) is 0 Å². The normalized spacial score (nSPS) is 21.7. The van der Waals surface area contributed by atoms with Crippen molar-refractivity contribution in [2.75, 3.05) is 26.2 Å². The Bertz CT molecular complexity index is 1500. The summed E-state index contributed by atoms with van der Waals surface area (Å²) in [5.41, 5.74) is 2.10. The summed E-state index contributed by atoms with van der Waals surface area (Å²) in [5.74, 6) is 1.80. The lowest BCUT2D eigenvalue weighted by molar-refractivity contribution is -0.136. The quantitative estimate of drug-likeness (QED) is 0.249. The summed E-state index contributed by atoms with van der Waals surface area (Å²) in [4.78, 5) is 15.7. The standard InChI is InChI=1S/C35H41ClN2O5S/c36-29-12-8-27(9-13-29)28-10-14-31(15-11-28)43-32-20-23-38(34(24-32)35(39)37-21-4-5-22-37)44(40,41)33-18-16-30(17-19-33)42-25-26-6-2-1-3-7-26/h8-19,26,32,34H,1-7,20-25H2/t32-,34+/m0/s1. The second kappa shape index (κ2) is 13.9. The molecule has 1 amide bonds. The Kier molecular flexibility index (Phi) is 9.79. The van der Waals surface area contributed by atoms with Crippen LogP contribution in [0, 0.1) is 5.92 Å². The summed E-state index contributed by atoms with van der Waals surface area (Å²) in [6.07, 6.45) is 8.56. The Morgan fingerprint density at radius 2 is 1.36 bits per heavy atom. The van der Waals surface area contributed by atoms with Crippen molar-refractivity contribution in [2.24, 2.45) is 5.92 Å². The van der Waals surface area contributed by atoms with Crippen molar-refractivity contribution in [3.05, 3.63) is 77.8 Å². The minimum Gasteiger partial charge on any atom is -0.493 e. The van der Waals surface area contributed by atoms with E-state index in [0.717, 1.165) is 24.0 Å². The maximum Gasteiger partial charge on any atom is 0.243 e. The predicted octanol–water partition coefficient (Wildman–Crippen LogP) is 7.19. The third-order valence-electron chi connectivity index (χ3n) is 9.18. The summed E-state index contributed by atoms with van der Waals surface area (Å²) < 4.78 is 41.7. The van der Waals surface area contributed by atoms with Crippen LogP contribution in [-0.2, 0) is 14.8 Å². The molecule has 2 saturated heterocycles. The van der Waals surface area contributed by atoms with Gasteiger partial charge in [0.1, 0.15) is 23.6 Å². The molecule has 3 fully saturated rings. The van der Waals surface area contributed by atoms with Crippen LogP contribution in [0.4, 0.5) is 0 Å². The van der Waals surface area contributed by atoms with Crippen molar-refractivity contribution in [3.63, 3.8) is 0 Å². The first kappa shape index (κ1) is 30.9. The zero-order chi connectivity index (χ0) is 30.5. The number of carbonyl (C=O) groups is 1. The molecule has 3 aromatic carbocycles. The lowest BCUT2D eigenvalue weighted by Gasteiger charge is -2.39. The maximum absolute atomic E-state index is 14.0. The van der Waals surface area contributed by atoms with Crippen LogP contribution in [0.3, 0.4) is 0 Å². The predicted molar refractivity (Wildman–Crippen MR) is 173 cm³/mol. The molecule has 1 aliphatic carbocycles. The van der Waals surface area contributed by atoms with E-state index in [4.69, 9.17) is 21.1 Å². The molecule has 0 N–H and O–H groups in total. The Balaban J connectivity index is 1.14. The molecule has 1 saturated carbocycles. The SMILES string of the molecule is O=C([C@H]1C[C@@H](Oc2ccc(-c3ccc(Cl)cc3)cc2)CCN1S(=O)(=O)c1ccc(OCC2CCCCC2)cc1)N1CCCC1. The third-order valence-corrected chi connectivity index (χ3v) is 11.4. The molecule has 2 atom stereocenters. The molecule has 0 unspecified atom stereocenters. The number of piperidine rings is 1. The summed E-state index contributed by atoms with van der Waals surface area (Å²) in [6.45, 7) is 2.19. The summed E-state index contributed by atoms with van der Waals surface area (Å²) in [5, 5.41) is 0.691. The highest BCUT2D eigenvalue weighted by Crippen LogP contribution is 2.32. The summed E-state index contributed by atoms with van der Waals surface area (Å²) in [6, 6.07) is 21.4. The van der Waals surface area contributed by atoms with Crippen molar-refractivity contribution in [1.29, 1.82) is 0 Å². The third kappa shape index (κ3) is 7.24. The van der Waals surface area contributed by atoms with E-state index < -0.39 is 16.1 Å². The molecule has 6 rings (SSSR count). The lowest BCUT2D eigenvalue weighted by atomic mass is 9.90. The van der Waals surface area contributed by atoms with E-state index >= 15 is 0 Å². The Morgan fingerprint density at radius 1 is 0.750 bits per heavy atom. The van der Waals surface area contributed by atoms with E-state index in [-0.39, 0.29) is 23.5 Å². The van der Waals surface area contributed by atoms with Gasteiger partial charge >= 0.3 is 0 Å². The minimum atomic E-state index is -3.91. The van der Waals surface area contributed by atoms with Gasteiger partial charge in [-0.05, 0) is 97.7 Å². The number of nitrogens with zero attached hydrogens (tertiary/aromatic N) is 2. The van der Waals surface area contributed by atoms with E-state index in [1.165, 1.54) is 36.4 Å². The number of rotatable bonds is 9. The first-order valence-corrected chi connectivity index (χ1v) is 17.7. The average molecular weight is 637 g/mol. The number of ether oxygens (including phenoxy) is 2. The molecule has 0 aromatic heterocycles. The van der Waals surface area contributed by atoms with Crippen molar-refractivity contribution >= 4 is 27.5 Å². The number of amides is 1. The fraction of sp³-hybridized carbons (Fsp3) is 0.457. The van der Waals surface area contributed by atoms with Gasteiger partial charge in [-0.2, -0.15) is 4.31 Å². The molecule has 234 valence electrons. The molecule has 0 spiro atoms. The van der Waals surface area contributed by atoms with Gasteiger partial charge in [-0.3, -0.25) is 4.79 Å². The number of hydrogen-bond acceptors (Lipinski definition) is 5. The number of halogens is 1. The number of sulfonamides is 1. The topological polar surface area (TPSA) is 76.1 Å². The molecule has 3 aromatic rings. The van der Waals surface area contributed by atoms with Crippen LogP contribution in [0.5, 0.6) is 11.5 Å². The zero-order valence-corrected chi connectivity index (χ0v) is 26.6. The second-order valence-electron chi connectivity index (χ2n) is 12.2. The number of hydrogen-bond donors (Lipinski definition) is 0. The van der Waals surface area contributed by atoms with Crippen LogP contribution in [0.15, 0.2) is 77.7 Å². The van der Waals surface area contributed by atoms with Crippen molar-refractivity contribution in [3.8, 4) is 22.6 Å². The van der Waals surface area contributed by atoms with Gasteiger partial charge in [0.15, 0.2) is 0 Å². The Labute approximate surface area is 266 Å². The Hall–Kier alpha value is -3.07. The molecule has 0 bridgehead atoms. The maximum atomic E-state index is 14.0. The van der Waals surface area contributed by atoms with Crippen LogP contribution in [0.2, 0.25) is 5.02 Å². The van der Waals surface area contributed by atoms with Gasteiger partial charge in [0, 0.05) is 31.1 Å². The average Bonchev–Trinajstić information content (AvgIpc) is 3.60. The van der Waals surface area contributed by atoms with Crippen LogP contribution in [0.1, 0.15) is 57.8 Å². The van der Waals surface area contributed by atoms with Gasteiger partial charge in [0.05, 0.1) is 11.5 Å². The molecule has 44 heavy (non-hydrogen) atoms. The molecule has 9 heteroatoms. The van der Waals surface area contributed by atoms with E-state index in [2.05, 4.69) is 0 Å². The Morgan fingerprint density at radius 3 is 2.02 bits per heavy atom. The summed E-state index contributed by atoms with van der Waals surface area (Å²) >= 11 is 6.03. The fourth-order valence-corrected chi connectivity index (χ4v) is 8.38. The number of likely N-dealkylation sites (tertiary alicyclic amines) is 1. The van der Waals surface area contributed by atoms with Gasteiger partial charge in [-0.25, -0.2) is 8.42 Å². The first-order chi connectivity index (χ1) is 21.4. The van der Waals surface area contributed by atoms with E-state index in [1.807, 2.05) is 48.5 Å². The molecule has 3 aliphatic rings. The molecule has 0 radical (unpaired) electrons. The monoisotopic (exact) mass is 636 g/mol. The van der Waals surface area contributed by atoms with Crippen molar-refractivity contribution in [2.45, 2.75) is 74.8 Å². The number of benzene rings is 3. The largest absolute Gasteiger partial charge is 0.493 e. The lowest BCUT2D eigenvalue weighted by Crippen LogP contribution is -2.55. The highest BCUT2D eigenvalue weighted by molar-refractivity contribution is 7.89. The van der Waals surface area contributed by atoms with E-state index in [0.29, 0.717) is 55.0 Å². The molecule has 2 aliphatic heterocycles. The van der Waals surface area contributed by atoms with Gasteiger partial charge in [0.2, 0.25) is 15.9 Å². The van der Waals surface area contributed by atoms with Crippen LogP contribution >= 0.6 is 11.6 Å². The van der Waals surface area contributed by atoms with Gasteiger partial charge in [0.25, 0.3) is 0 Å². The smallest absolute Gasteiger partial charge is 0.243 e. The van der Waals surface area contributed by atoms with Crippen molar-refractivity contribution in [1.82, 2.24) is 9.21 Å². The van der Waals surface area contributed by atoms with E-state index in [9.17, 15) is 13.2 Å². The molecule has 2 heterocycles. The van der Waals surface area contributed by atoms with Gasteiger partial charge < -0.3 is 14.4 Å². The van der Waals surface area contributed by atoms with Crippen LogP contribution in [-0.4, -0.2) is 61.9 Å². The fourth-order valence-electron chi connectivity index (χ4n) is 6.65. The number of carbonyl (C=O) groups excluding carboxylic acids is 1. The van der Waals surface area contributed by atoms with Crippen LogP contribution < -0.4 is 9.47 Å². The van der Waals surface area contributed by atoms with Gasteiger partial charge in [-0.1, -0.05) is 55.1 Å². The van der Waals surface area contributed by atoms with E-state index in [1.54, 1.807) is 29.2 Å². The molecule has 7 nitrogen and oxygen atoms in total. The first-order valence-electron chi connectivity index (χ1n) is 15.9. The summed E-state index contributed by atoms with van der Waals surface area (Å²) in [7, 11) is -3.91. The second-order valence-corrected chi connectivity index (χ2v) is 14.6. The highest BCUT2D eigenvalue weighted by Gasteiger charge is 2.43. The zero-order valence-electron chi connectivity index (χ0n) is 25.1. The van der Waals surface area contributed by atoms with Crippen LogP contribution in [0.25, 0.3) is 11.1 Å². The van der Waals surface area contributed by atoms with Crippen molar-refractivity contribution < 1.29 is 22.7 Å². The highest BCUT2D eigenvalue weighted by atomic mass is 35.5. The minimum absolute atomic E-state index is 0.134.